The van der Waals surface area contributed by atoms with Gasteiger partial charge in [-0.05, 0) is 24.6 Å². The first-order valence-electron chi connectivity index (χ1n) is 4.86. The van der Waals surface area contributed by atoms with Crippen LogP contribution in [0.5, 0.6) is 0 Å². The quantitative estimate of drug-likeness (QED) is 0.465. The van der Waals surface area contributed by atoms with Crippen LogP contribution in [-0.4, -0.2) is 11.7 Å². The number of ether oxygens (including phenoxy) is 1. The second-order valence-electron chi connectivity index (χ2n) is 3.29. The van der Waals surface area contributed by atoms with Crippen LogP contribution in [0.3, 0.4) is 0 Å². The molecule has 0 saturated carbocycles. The summed E-state index contributed by atoms with van der Waals surface area (Å²) in [5.74, 6) is 0.666. The van der Waals surface area contributed by atoms with Crippen molar-refractivity contribution in [2.45, 2.75) is 46.5 Å². The maximum Gasteiger partial charge on any atom is 0.159 e. The van der Waals surface area contributed by atoms with Crippen LogP contribution in [-0.2, 0) is 4.74 Å². The highest BCUT2D eigenvalue weighted by Gasteiger charge is 2.03. The van der Waals surface area contributed by atoms with Crippen LogP contribution in [0, 0.1) is 5.92 Å². The Kier molecular flexibility index (Phi) is 7.47. The van der Waals surface area contributed by atoms with Crippen molar-refractivity contribution in [2.75, 3.05) is 6.61 Å². The molecule has 1 unspecified atom stereocenters. The fraction of sp³-hybridized carbons (Fsp3) is 0.900. The predicted octanol–water partition coefficient (Wildman–Crippen LogP) is 3.57. The van der Waals surface area contributed by atoms with Crippen molar-refractivity contribution >= 4 is 17.3 Å². The molecule has 1 nitrogen and oxygen atoms in total. The number of thiocarbonyl (C=S) groups is 1. The Morgan fingerprint density at radius 1 is 1.42 bits per heavy atom. The van der Waals surface area contributed by atoms with Crippen LogP contribution < -0.4 is 0 Å². The predicted molar refractivity (Wildman–Crippen MR) is 57.5 cm³/mol. The summed E-state index contributed by atoms with van der Waals surface area (Å²) in [6.45, 7) is 7.33. The van der Waals surface area contributed by atoms with Gasteiger partial charge in [0.25, 0.3) is 0 Å². The highest BCUT2D eigenvalue weighted by Crippen LogP contribution is 2.08. The van der Waals surface area contributed by atoms with E-state index in [9.17, 15) is 0 Å². The minimum Gasteiger partial charge on any atom is -0.487 e. The molecule has 0 aliphatic heterocycles. The molecule has 0 aromatic heterocycles. The maximum absolute atomic E-state index is 5.39. The van der Waals surface area contributed by atoms with Crippen molar-refractivity contribution in [1.82, 2.24) is 0 Å². The van der Waals surface area contributed by atoms with Crippen molar-refractivity contribution < 1.29 is 4.74 Å². The highest BCUT2D eigenvalue weighted by molar-refractivity contribution is 7.80. The molecule has 2 heteroatoms. The average Bonchev–Trinajstić information content (AvgIpc) is 2.05. The average molecular weight is 188 g/mol. The summed E-state index contributed by atoms with van der Waals surface area (Å²) < 4.78 is 5.39. The van der Waals surface area contributed by atoms with Crippen LogP contribution in [0.15, 0.2) is 0 Å². The van der Waals surface area contributed by atoms with E-state index in [0.29, 0.717) is 5.92 Å². The highest BCUT2D eigenvalue weighted by atomic mass is 32.1. The van der Waals surface area contributed by atoms with E-state index < -0.39 is 0 Å². The van der Waals surface area contributed by atoms with E-state index in [1.54, 1.807) is 0 Å². The lowest BCUT2D eigenvalue weighted by Gasteiger charge is -2.10. The van der Waals surface area contributed by atoms with Gasteiger partial charge in [-0.2, -0.15) is 0 Å². The molecule has 0 aromatic rings. The Hall–Kier alpha value is -0.110. The third-order valence-electron chi connectivity index (χ3n) is 1.97. The second-order valence-corrected chi connectivity index (χ2v) is 3.75. The minimum absolute atomic E-state index is 0.666. The summed E-state index contributed by atoms with van der Waals surface area (Å²) in [6, 6.07) is 0. The molecule has 0 aliphatic rings. The Morgan fingerprint density at radius 3 is 2.58 bits per heavy atom. The molecular weight excluding hydrogens is 168 g/mol. The zero-order valence-corrected chi connectivity index (χ0v) is 9.25. The lowest BCUT2D eigenvalue weighted by molar-refractivity contribution is 0.290. The number of hydrogen-bond acceptors (Lipinski definition) is 2. The van der Waals surface area contributed by atoms with Gasteiger partial charge in [-0.1, -0.05) is 33.6 Å². The van der Waals surface area contributed by atoms with Crippen LogP contribution >= 0.6 is 12.2 Å². The van der Waals surface area contributed by atoms with Gasteiger partial charge in [-0.25, -0.2) is 0 Å². The van der Waals surface area contributed by atoms with E-state index in [-0.39, 0.29) is 0 Å². The van der Waals surface area contributed by atoms with E-state index in [1.807, 2.05) is 0 Å². The van der Waals surface area contributed by atoms with Gasteiger partial charge in [0, 0.05) is 6.42 Å². The molecule has 1 atom stereocenters. The summed E-state index contributed by atoms with van der Waals surface area (Å²) in [4.78, 5) is 0. The van der Waals surface area contributed by atoms with E-state index in [2.05, 4.69) is 20.8 Å². The zero-order chi connectivity index (χ0) is 9.40. The fourth-order valence-electron chi connectivity index (χ4n) is 0.818. The molecule has 0 fully saturated rings. The van der Waals surface area contributed by atoms with Crippen LogP contribution in [0.25, 0.3) is 0 Å². The van der Waals surface area contributed by atoms with Crippen molar-refractivity contribution in [3.8, 4) is 0 Å². The normalized spacial score (nSPS) is 12.6. The van der Waals surface area contributed by atoms with Crippen LogP contribution in [0.4, 0.5) is 0 Å². The SMILES string of the molecule is CCCCOC(=S)CC(C)CC. The molecule has 0 aromatic carbocycles. The Labute approximate surface area is 81.5 Å². The largest absolute Gasteiger partial charge is 0.487 e. The third kappa shape index (κ3) is 6.59. The molecule has 0 heterocycles. The Bertz CT molecular complexity index is 123. The molecule has 0 radical (unpaired) electrons. The monoisotopic (exact) mass is 188 g/mol. The molecule has 0 N–H and O–H groups in total. The first-order valence-corrected chi connectivity index (χ1v) is 5.27. The molecular formula is C10H20OS. The van der Waals surface area contributed by atoms with Crippen molar-refractivity contribution in [3.63, 3.8) is 0 Å². The molecule has 0 spiro atoms. The third-order valence-corrected chi connectivity index (χ3v) is 2.26. The maximum atomic E-state index is 5.39. The molecule has 0 amide bonds. The minimum atomic E-state index is 0.666. The lowest BCUT2D eigenvalue weighted by atomic mass is 10.1. The van der Waals surface area contributed by atoms with E-state index in [0.717, 1.165) is 24.5 Å². The second kappa shape index (κ2) is 7.53. The van der Waals surface area contributed by atoms with Gasteiger partial charge in [0.1, 0.15) is 0 Å². The summed E-state index contributed by atoms with van der Waals surface area (Å²) in [5.41, 5.74) is 0. The topological polar surface area (TPSA) is 9.23 Å². The molecule has 72 valence electrons. The fourth-order valence-corrected chi connectivity index (χ4v) is 1.19. The van der Waals surface area contributed by atoms with Crippen LogP contribution in [0.1, 0.15) is 46.5 Å². The van der Waals surface area contributed by atoms with Crippen LogP contribution in [0.2, 0.25) is 0 Å². The Morgan fingerprint density at radius 2 is 2.08 bits per heavy atom. The van der Waals surface area contributed by atoms with Gasteiger partial charge < -0.3 is 4.74 Å². The molecule has 0 saturated heterocycles. The first-order chi connectivity index (χ1) is 5.70. The summed E-state index contributed by atoms with van der Waals surface area (Å²) in [7, 11) is 0. The smallest absolute Gasteiger partial charge is 0.159 e. The zero-order valence-electron chi connectivity index (χ0n) is 8.43. The standard InChI is InChI=1S/C10H20OS/c1-4-6-7-11-10(12)8-9(3)5-2/h9H,4-8H2,1-3H3. The van der Waals surface area contributed by atoms with Crippen molar-refractivity contribution in [3.05, 3.63) is 0 Å². The molecule has 12 heavy (non-hydrogen) atoms. The number of unbranched alkanes of at least 4 members (excludes halogenated alkanes) is 1. The lowest BCUT2D eigenvalue weighted by Crippen LogP contribution is -2.07. The summed E-state index contributed by atoms with van der Waals surface area (Å²) >= 11 is 5.09. The first kappa shape index (κ1) is 11.9. The van der Waals surface area contributed by atoms with Gasteiger partial charge in [-0.15, -0.1) is 0 Å². The van der Waals surface area contributed by atoms with E-state index in [1.165, 1.54) is 12.8 Å². The van der Waals surface area contributed by atoms with Crippen molar-refractivity contribution in [1.29, 1.82) is 0 Å². The summed E-state index contributed by atoms with van der Waals surface area (Å²) in [6.07, 6.45) is 4.40. The number of hydrogen-bond donors (Lipinski definition) is 0. The molecule has 0 bridgehead atoms. The van der Waals surface area contributed by atoms with Gasteiger partial charge in [0.05, 0.1) is 6.61 Å². The van der Waals surface area contributed by atoms with Gasteiger partial charge >= 0.3 is 0 Å². The number of rotatable bonds is 6. The van der Waals surface area contributed by atoms with E-state index in [4.69, 9.17) is 17.0 Å². The van der Waals surface area contributed by atoms with E-state index >= 15 is 0 Å². The van der Waals surface area contributed by atoms with Gasteiger partial charge in [0.2, 0.25) is 0 Å². The summed E-state index contributed by atoms with van der Waals surface area (Å²) in [5, 5.41) is 0.790. The molecule has 0 aliphatic carbocycles. The van der Waals surface area contributed by atoms with Gasteiger partial charge in [-0.3, -0.25) is 0 Å². The molecule has 0 rings (SSSR count). The van der Waals surface area contributed by atoms with Crippen molar-refractivity contribution in [2.24, 2.45) is 5.92 Å². The van der Waals surface area contributed by atoms with Gasteiger partial charge in [0.15, 0.2) is 5.05 Å². The Balaban J connectivity index is 3.33.